The second kappa shape index (κ2) is 7.09. The lowest BCUT2D eigenvalue weighted by molar-refractivity contribution is -0.140. The predicted molar refractivity (Wildman–Crippen MR) is 91.5 cm³/mol. The molecule has 1 aromatic heterocycles. The van der Waals surface area contributed by atoms with Crippen LogP contribution in [0.25, 0.3) is 11.0 Å². The summed E-state index contributed by atoms with van der Waals surface area (Å²) in [4.78, 5) is 24.2. The molecule has 4 rings (SSSR count). The summed E-state index contributed by atoms with van der Waals surface area (Å²) in [5.41, 5.74) is 1.33. The number of H-pyrrole nitrogens is 1. The number of nitrogens with zero attached hydrogens (tertiary/aromatic N) is 3. The maximum Gasteiger partial charge on any atom is 0.248 e. The van der Waals surface area contributed by atoms with Gasteiger partial charge in [-0.2, -0.15) is 0 Å². The van der Waals surface area contributed by atoms with Gasteiger partial charge in [0.25, 0.3) is 0 Å². The van der Waals surface area contributed by atoms with Gasteiger partial charge in [-0.15, -0.1) is 0 Å². The number of rotatable bonds is 4. The first-order chi connectivity index (χ1) is 12.2. The molecule has 2 aliphatic rings. The third kappa shape index (κ3) is 3.67. The van der Waals surface area contributed by atoms with Crippen LogP contribution in [-0.4, -0.2) is 64.5 Å². The number of nitrogens with one attached hydrogen (secondary N) is 1. The fourth-order valence-corrected chi connectivity index (χ4v) is 3.81. The van der Waals surface area contributed by atoms with Crippen molar-refractivity contribution >= 4 is 16.9 Å². The molecule has 1 amide bonds. The molecule has 2 aliphatic heterocycles. The van der Waals surface area contributed by atoms with Gasteiger partial charge in [-0.25, -0.2) is 9.37 Å². The molecule has 0 unspecified atom stereocenters. The Kier molecular flexibility index (Phi) is 4.67. The van der Waals surface area contributed by atoms with E-state index in [1.165, 1.54) is 31.4 Å². The maximum absolute atomic E-state index is 13.2. The molecule has 25 heavy (non-hydrogen) atoms. The van der Waals surface area contributed by atoms with Gasteiger partial charge >= 0.3 is 0 Å². The van der Waals surface area contributed by atoms with Gasteiger partial charge in [0.15, 0.2) is 0 Å². The molecule has 6 nitrogen and oxygen atoms in total. The van der Waals surface area contributed by atoms with Crippen LogP contribution in [0.5, 0.6) is 0 Å². The number of aromatic nitrogens is 2. The Hall–Kier alpha value is -1.99. The van der Waals surface area contributed by atoms with Crippen LogP contribution >= 0.6 is 0 Å². The molecule has 0 aliphatic carbocycles. The van der Waals surface area contributed by atoms with Crippen molar-refractivity contribution in [3.63, 3.8) is 0 Å². The first-order valence-electron chi connectivity index (χ1n) is 8.93. The van der Waals surface area contributed by atoms with Crippen molar-refractivity contribution in [1.82, 2.24) is 19.8 Å². The van der Waals surface area contributed by atoms with Crippen molar-refractivity contribution in [2.75, 3.05) is 32.8 Å². The molecule has 0 saturated carbocycles. The quantitative estimate of drug-likeness (QED) is 0.919. The van der Waals surface area contributed by atoms with Crippen molar-refractivity contribution in [3.8, 4) is 0 Å². The number of piperazine rings is 1. The molecule has 0 spiro atoms. The molecule has 2 saturated heterocycles. The Morgan fingerprint density at radius 2 is 2.24 bits per heavy atom. The molecule has 1 aromatic carbocycles. The summed E-state index contributed by atoms with van der Waals surface area (Å²) in [6.45, 7) is 3.99. The predicted octanol–water partition coefficient (Wildman–Crippen LogP) is 1.92. The van der Waals surface area contributed by atoms with E-state index in [2.05, 4.69) is 14.9 Å². The van der Waals surface area contributed by atoms with Crippen molar-refractivity contribution in [1.29, 1.82) is 0 Å². The largest absolute Gasteiger partial charge is 0.364 e. The smallest absolute Gasteiger partial charge is 0.248 e. The second-order valence-corrected chi connectivity index (χ2v) is 6.86. The van der Waals surface area contributed by atoms with Crippen molar-refractivity contribution in [3.05, 3.63) is 29.8 Å². The first-order valence-corrected chi connectivity index (χ1v) is 8.93. The van der Waals surface area contributed by atoms with Crippen LogP contribution < -0.4 is 0 Å². The molecule has 1 N–H and O–H groups in total. The molecule has 0 radical (unpaired) electrons. The minimum atomic E-state index is -0.305. The van der Waals surface area contributed by atoms with E-state index in [1.54, 1.807) is 6.07 Å². The number of benzene rings is 1. The van der Waals surface area contributed by atoms with Gasteiger partial charge in [0.05, 0.1) is 11.0 Å². The minimum absolute atomic E-state index is 0.0346. The number of carbonyl (C=O) groups excluding carboxylic acids is 1. The summed E-state index contributed by atoms with van der Waals surface area (Å²) < 4.78 is 18.7. The van der Waals surface area contributed by atoms with E-state index in [9.17, 15) is 9.18 Å². The highest BCUT2D eigenvalue weighted by molar-refractivity contribution is 5.77. The Balaban J connectivity index is 1.28. The number of hydrogen-bond donors (Lipinski definition) is 1. The number of aromatic amines is 1. The van der Waals surface area contributed by atoms with Gasteiger partial charge < -0.3 is 14.6 Å². The lowest BCUT2D eigenvalue weighted by atomic mass is 9.99. The molecule has 3 heterocycles. The zero-order valence-electron chi connectivity index (χ0n) is 14.2. The van der Waals surface area contributed by atoms with E-state index in [4.69, 9.17) is 4.74 Å². The SMILES string of the molecule is O=C(COCc1nc2ccc(F)cc2[nH]1)N1CCN2CCCC[C@H]2C1. The van der Waals surface area contributed by atoms with Crippen LogP contribution in [0.15, 0.2) is 18.2 Å². The normalized spacial score (nSPS) is 21.5. The monoisotopic (exact) mass is 346 g/mol. The fraction of sp³-hybridized carbons (Fsp3) is 0.556. The van der Waals surface area contributed by atoms with Crippen molar-refractivity contribution < 1.29 is 13.9 Å². The van der Waals surface area contributed by atoms with Gasteiger partial charge in [0, 0.05) is 25.7 Å². The third-order valence-electron chi connectivity index (χ3n) is 5.15. The maximum atomic E-state index is 13.2. The van der Waals surface area contributed by atoms with Gasteiger partial charge in [-0.1, -0.05) is 6.42 Å². The van der Waals surface area contributed by atoms with Gasteiger partial charge in [0.1, 0.15) is 24.9 Å². The Bertz CT molecular complexity index is 763. The number of halogens is 1. The molecule has 0 bridgehead atoms. The third-order valence-corrected chi connectivity index (χ3v) is 5.15. The summed E-state index contributed by atoms with van der Waals surface area (Å²) in [6.07, 6.45) is 3.71. The van der Waals surface area contributed by atoms with Gasteiger partial charge in [0.2, 0.25) is 5.91 Å². The number of ether oxygens (including phenoxy) is 1. The summed E-state index contributed by atoms with van der Waals surface area (Å²) in [5, 5.41) is 0. The second-order valence-electron chi connectivity index (χ2n) is 6.86. The van der Waals surface area contributed by atoms with E-state index >= 15 is 0 Å². The molecular formula is C18H23FN4O2. The topological polar surface area (TPSA) is 61.5 Å². The van der Waals surface area contributed by atoms with Crippen LogP contribution in [0.4, 0.5) is 4.39 Å². The lowest BCUT2D eigenvalue weighted by Gasteiger charge is -2.44. The number of piperidine rings is 1. The molecular weight excluding hydrogens is 323 g/mol. The van der Waals surface area contributed by atoms with E-state index in [1.807, 2.05) is 4.90 Å². The van der Waals surface area contributed by atoms with Crippen LogP contribution in [-0.2, 0) is 16.1 Å². The van der Waals surface area contributed by atoms with Crippen LogP contribution in [0.2, 0.25) is 0 Å². The van der Waals surface area contributed by atoms with Crippen LogP contribution in [0.1, 0.15) is 25.1 Å². The average Bonchev–Trinajstić information content (AvgIpc) is 3.03. The lowest BCUT2D eigenvalue weighted by Crippen LogP contribution is -2.56. The Morgan fingerprint density at radius 1 is 1.32 bits per heavy atom. The van der Waals surface area contributed by atoms with E-state index in [-0.39, 0.29) is 24.9 Å². The highest BCUT2D eigenvalue weighted by atomic mass is 19.1. The molecule has 1 atom stereocenters. The highest BCUT2D eigenvalue weighted by Crippen LogP contribution is 2.21. The summed E-state index contributed by atoms with van der Waals surface area (Å²) in [7, 11) is 0. The molecule has 2 fully saturated rings. The first kappa shape index (κ1) is 16.5. The van der Waals surface area contributed by atoms with E-state index < -0.39 is 0 Å². The van der Waals surface area contributed by atoms with Crippen molar-refractivity contribution in [2.45, 2.75) is 31.9 Å². The average molecular weight is 346 g/mol. The molecule has 2 aromatic rings. The van der Waals surface area contributed by atoms with Crippen molar-refractivity contribution in [2.24, 2.45) is 0 Å². The summed E-state index contributed by atoms with van der Waals surface area (Å²) in [6, 6.07) is 4.92. The Morgan fingerprint density at radius 3 is 3.16 bits per heavy atom. The van der Waals surface area contributed by atoms with Gasteiger partial charge in [-0.05, 0) is 37.6 Å². The number of amides is 1. The molecule has 134 valence electrons. The number of fused-ring (bicyclic) bond motifs is 2. The standard InChI is InChI=1S/C18H23FN4O2/c19-13-4-5-15-16(9-13)21-17(20-15)11-25-12-18(24)23-8-7-22-6-2-1-3-14(22)10-23/h4-5,9,14H,1-3,6-8,10-12H2,(H,20,21)/t14-/m0/s1. The number of hydrogen-bond acceptors (Lipinski definition) is 4. The number of carbonyl (C=O) groups is 1. The fourth-order valence-electron chi connectivity index (χ4n) is 3.81. The molecule has 7 heteroatoms. The van der Waals surface area contributed by atoms with Gasteiger partial charge in [-0.3, -0.25) is 9.69 Å². The van der Waals surface area contributed by atoms with Crippen LogP contribution in [0.3, 0.4) is 0 Å². The zero-order chi connectivity index (χ0) is 17.2. The minimum Gasteiger partial charge on any atom is -0.364 e. The summed E-state index contributed by atoms with van der Waals surface area (Å²) in [5.74, 6) is 0.332. The Labute approximate surface area is 146 Å². The summed E-state index contributed by atoms with van der Waals surface area (Å²) >= 11 is 0. The highest BCUT2D eigenvalue weighted by Gasteiger charge is 2.30. The van der Waals surface area contributed by atoms with E-state index in [0.717, 1.165) is 26.2 Å². The zero-order valence-corrected chi connectivity index (χ0v) is 14.2. The van der Waals surface area contributed by atoms with E-state index in [0.29, 0.717) is 22.9 Å². The number of imidazole rings is 1. The van der Waals surface area contributed by atoms with Crippen LogP contribution in [0, 0.1) is 5.82 Å².